The first kappa shape index (κ1) is 14.2. The minimum atomic E-state index is 0.0310. The second-order valence-electron chi connectivity index (χ2n) is 4.17. The number of anilines is 1. The summed E-state index contributed by atoms with van der Waals surface area (Å²) in [5, 5.41) is 2.93. The molecule has 0 aliphatic heterocycles. The summed E-state index contributed by atoms with van der Waals surface area (Å²) in [6, 6.07) is 5.77. The number of halogens is 1. The summed E-state index contributed by atoms with van der Waals surface area (Å²) < 4.78 is 1.00. The molecule has 0 fully saturated rings. The molecule has 1 amide bonds. The van der Waals surface area contributed by atoms with Crippen molar-refractivity contribution in [1.29, 1.82) is 0 Å². The molecule has 0 heterocycles. The quantitative estimate of drug-likeness (QED) is 0.878. The fourth-order valence-corrected chi connectivity index (χ4v) is 1.97. The van der Waals surface area contributed by atoms with Gasteiger partial charge in [-0.3, -0.25) is 4.79 Å². The van der Waals surface area contributed by atoms with Crippen LogP contribution in [0.5, 0.6) is 0 Å². The topological polar surface area (TPSA) is 55.1 Å². The molecule has 3 nitrogen and oxygen atoms in total. The van der Waals surface area contributed by atoms with Gasteiger partial charge < -0.3 is 11.1 Å². The minimum Gasteiger partial charge on any atom is -0.330 e. The maximum Gasteiger partial charge on any atom is 0.224 e. The first-order valence-corrected chi connectivity index (χ1v) is 6.62. The van der Waals surface area contributed by atoms with Crippen molar-refractivity contribution in [1.82, 2.24) is 0 Å². The molecule has 4 heteroatoms. The highest BCUT2D eigenvalue weighted by atomic mass is 79.9. The Balaban J connectivity index is 2.65. The number of hydrogen-bond donors (Lipinski definition) is 2. The van der Waals surface area contributed by atoms with E-state index >= 15 is 0 Å². The molecule has 0 aromatic heterocycles. The van der Waals surface area contributed by atoms with Crippen molar-refractivity contribution in [2.45, 2.75) is 26.7 Å². The molecular weight excluding hydrogens is 280 g/mol. The Morgan fingerprint density at radius 3 is 2.82 bits per heavy atom. The van der Waals surface area contributed by atoms with Gasteiger partial charge in [-0.05, 0) is 37.1 Å². The summed E-state index contributed by atoms with van der Waals surface area (Å²) in [4.78, 5) is 11.8. The SMILES string of the molecule is CCC(CN)CC(=O)Nc1cccc(Br)c1C. The lowest BCUT2D eigenvalue weighted by molar-refractivity contribution is -0.117. The van der Waals surface area contributed by atoms with E-state index in [4.69, 9.17) is 5.73 Å². The molecule has 94 valence electrons. The van der Waals surface area contributed by atoms with E-state index in [1.165, 1.54) is 0 Å². The fraction of sp³-hybridized carbons (Fsp3) is 0.462. The lowest BCUT2D eigenvalue weighted by atomic mass is 10.0. The maximum atomic E-state index is 11.8. The van der Waals surface area contributed by atoms with E-state index in [2.05, 4.69) is 28.2 Å². The van der Waals surface area contributed by atoms with E-state index in [0.717, 1.165) is 22.1 Å². The Morgan fingerprint density at radius 1 is 1.53 bits per heavy atom. The first-order valence-electron chi connectivity index (χ1n) is 5.83. The predicted molar refractivity (Wildman–Crippen MR) is 75.0 cm³/mol. The Morgan fingerprint density at radius 2 is 2.24 bits per heavy atom. The molecule has 1 atom stereocenters. The van der Waals surface area contributed by atoms with Crippen LogP contribution in [0.3, 0.4) is 0 Å². The molecule has 0 saturated heterocycles. The first-order chi connectivity index (χ1) is 8.08. The monoisotopic (exact) mass is 298 g/mol. The van der Waals surface area contributed by atoms with Gasteiger partial charge in [0.2, 0.25) is 5.91 Å². The number of carbonyl (C=O) groups is 1. The summed E-state index contributed by atoms with van der Waals surface area (Å²) in [6.45, 7) is 4.58. The Labute approximate surface area is 111 Å². The maximum absolute atomic E-state index is 11.8. The van der Waals surface area contributed by atoms with E-state index in [1.807, 2.05) is 25.1 Å². The van der Waals surface area contributed by atoms with Crippen LogP contribution < -0.4 is 11.1 Å². The molecule has 0 spiro atoms. The predicted octanol–water partition coefficient (Wildman–Crippen LogP) is 3.07. The lowest BCUT2D eigenvalue weighted by Gasteiger charge is -2.13. The van der Waals surface area contributed by atoms with Gasteiger partial charge in [-0.2, -0.15) is 0 Å². The van der Waals surface area contributed by atoms with Crippen LogP contribution in [-0.2, 0) is 4.79 Å². The highest BCUT2D eigenvalue weighted by Gasteiger charge is 2.11. The van der Waals surface area contributed by atoms with Crippen LogP contribution in [-0.4, -0.2) is 12.5 Å². The zero-order chi connectivity index (χ0) is 12.8. The molecule has 1 unspecified atom stereocenters. The highest BCUT2D eigenvalue weighted by Crippen LogP contribution is 2.23. The second kappa shape index (κ2) is 6.77. The molecule has 0 aliphatic carbocycles. The molecular formula is C13H19BrN2O. The van der Waals surface area contributed by atoms with Gasteiger partial charge in [0, 0.05) is 16.6 Å². The molecule has 1 aromatic carbocycles. The normalized spacial score (nSPS) is 12.2. The van der Waals surface area contributed by atoms with Crippen molar-refractivity contribution in [3.8, 4) is 0 Å². The van der Waals surface area contributed by atoms with E-state index in [9.17, 15) is 4.79 Å². The largest absolute Gasteiger partial charge is 0.330 e. The average Bonchev–Trinajstić information content (AvgIpc) is 2.32. The van der Waals surface area contributed by atoms with E-state index in [-0.39, 0.29) is 11.8 Å². The summed E-state index contributed by atoms with van der Waals surface area (Å²) in [7, 11) is 0. The number of nitrogens with one attached hydrogen (secondary N) is 1. The van der Waals surface area contributed by atoms with Crippen LogP contribution >= 0.6 is 15.9 Å². The smallest absolute Gasteiger partial charge is 0.224 e. The van der Waals surface area contributed by atoms with E-state index in [0.29, 0.717) is 13.0 Å². The number of hydrogen-bond acceptors (Lipinski definition) is 2. The van der Waals surface area contributed by atoms with Gasteiger partial charge in [-0.25, -0.2) is 0 Å². The van der Waals surface area contributed by atoms with Crippen molar-refractivity contribution in [3.05, 3.63) is 28.2 Å². The van der Waals surface area contributed by atoms with Gasteiger partial charge in [-0.15, -0.1) is 0 Å². The van der Waals surface area contributed by atoms with Crippen LogP contribution in [0, 0.1) is 12.8 Å². The van der Waals surface area contributed by atoms with Gasteiger partial charge in [0.1, 0.15) is 0 Å². The van der Waals surface area contributed by atoms with Gasteiger partial charge in [0.05, 0.1) is 0 Å². The third-order valence-corrected chi connectivity index (χ3v) is 3.79. The Hall–Kier alpha value is -0.870. The molecule has 0 radical (unpaired) electrons. The van der Waals surface area contributed by atoms with Gasteiger partial charge in [-0.1, -0.05) is 35.3 Å². The van der Waals surface area contributed by atoms with Crippen LogP contribution in [0.1, 0.15) is 25.3 Å². The molecule has 1 aromatic rings. The average molecular weight is 299 g/mol. The minimum absolute atomic E-state index is 0.0310. The molecule has 17 heavy (non-hydrogen) atoms. The van der Waals surface area contributed by atoms with Crippen molar-refractivity contribution in [3.63, 3.8) is 0 Å². The lowest BCUT2D eigenvalue weighted by Crippen LogP contribution is -2.22. The molecule has 3 N–H and O–H groups in total. The Kier molecular flexibility index (Phi) is 5.65. The molecule has 1 rings (SSSR count). The van der Waals surface area contributed by atoms with Crippen molar-refractivity contribution in [2.75, 3.05) is 11.9 Å². The van der Waals surface area contributed by atoms with Gasteiger partial charge >= 0.3 is 0 Å². The zero-order valence-corrected chi connectivity index (χ0v) is 11.9. The summed E-state index contributed by atoms with van der Waals surface area (Å²) in [6.07, 6.45) is 1.42. The van der Waals surface area contributed by atoms with Crippen LogP contribution in [0.4, 0.5) is 5.69 Å². The van der Waals surface area contributed by atoms with Crippen molar-refractivity contribution < 1.29 is 4.79 Å². The number of amides is 1. The molecule has 0 saturated carbocycles. The highest BCUT2D eigenvalue weighted by molar-refractivity contribution is 9.10. The van der Waals surface area contributed by atoms with Crippen molar-refractivity contribution >= 4 is 27.5 Å². The fourth-order valence-electron chi connectivity index (χ4n) is 1.60. The summed E-state index contributed by atoms with van der Waals surface area (Å²) in [5.41, 5.74) is 7.49. The second-order valence-corrected chi connectivity index (χ2v) is 5.03. The van der Waals surface area contributed by atoms with Gasteiger partial charge in [0.25, 0.3) is 0 Å². The summed E-state index contributed by atoms with van der Waals surface area (Å²) in [5.74, 6) is 0.297. The zero-order valence-electron chi connectivity index (χ0n) is 10.3. The number of carbonyl (C=O) groups excluding carboxylic acids is 1. The van der Waals surface area contributed by atoms with E-state index < -0.39 is 0 Å². The summed E-state index contributed by atoms with van der Waals surface area (Å²) >= 11 is 3.44. The number of benzene rings is 1. The van der Waals surface area contributed by atoms with Crippen LogP contribution in [0.2, 0.25) is 0 Å². The molecule has 0 bridgehead atoms. The van der Waals surface area contributed by atoms with Gasteiger partial charge in [0.15, 0.2) is 0 Å². The Bertz CT molecular complexity index is 389. The number of nitrogens with two attached hydrogens (primary N) is 1. The molecule has 0 aliphatic rings. The number of rotatable bonds is 5. The third-order valence-electron chi connectivity index (χ3n) is 2.93. The van der Waals surface area contributed by atoms with Crippen LogP contribution in [0.15, 0.2) is 22.7 Å². The standard InChI is InChI=1S/C13H19BrN2O/c1-3-10(8-15)7-13(17)16-12-6-4-5-11(14)9(12)2/h4-6,10H,3,7-8,15H2,1-2H3,(H,16,17). The van der Waals surface area contributed by atoms with Crippen LogP contribution in [0.25, 0.3) is 0 Å². The van der Waals surface area contributed by atoms with E-state index in [1.54, 1.807) is 0 Å². The van der Waals surface area contributed by atoms with Crippen molar-refractivity contribution in [2.24, 2.45) is 11.7 Å². The third kappa shape index (κ3) is 4.13.